The maximum atomic E-state index is 12.2. The maximum absolute atomic E-state index is 12.2. The molecule has 19 heavy (non-hydrogen) atoms. The molecule has 108 valence electrons. The van der Waals surface area contributed by atoms with Crippen molar-refractivity contribution in [3.8, 4) is 0 Å². The number of nitrogens with two attached hydrogens (primary N) is 1. The number of anilines is 1. The van der Waals surface area contributed by atoms with Crippen molar-refractivity contribution in [1.29, 1.82) is 0 Å². The summed E-state index contributed by atoms with van der Waals surface area (Å²) in [5, 5.41) is 0. The van der Waals surface area contributed by atoms with Crippen molar-refractivity contribution in [1.82, 2.24) is 4.72 Å². The molecular formula is C12H19BrN2O3S. The Hall–Kier alpha value is -0.630. The summed E-state index contributed by atoms with van der Waals surface area (Å²) in [6, 6.07) is 3.25. The van der Waals surface area contributed by atoms with Gasteiger partial charge in [-0.25, -0.2) is 13.1 Å². The Kier molecular flexibility index (Phi) is 6.25. The van der Waals surface area contributed by atoms with Crippen molar-refractivity contribution < 1.29 is 13.2 Å². The number of rotatable bonds is 7. The molecule has 0 aromatic heterocycles. The van der Waals surface area contributed by atoms with Gasteiger partial charge in [-0.05, 0) is 37.5 Å². The molecule has 1 rings (SSSR count). The van der Waals surface area contributed by atoms with Crippen molar-refractivity contribution in [3.63, 3.8) is 0 Å². The minimum atomic E-state index is -3.52. The van der Waals surface area contributed by atoms with Gasteiger partial charge in [0.2, 0.25) is 10.0 Å². The van der Waals surface area contributed by atoms with Crippen LogP contribution in [0.25, 0.3) is 0 Å². The summed E-state index contributed by atoms with van der Waals surface area (Å²) in [4.78, 5) is 0.214. The van der Waals surface area contributed by atoms with E-state index >= 15 is 0 Å². The van der Waals surface area contributed by atoms with Crippen molar-refractivity contribution >= 4 is 31.6 Å². The van der Waals surface area contributed by atoms with Gasteiger partial charge < -0.3 is 10.5 Å². The Morgan fingerprint density at radius 1 is 1.37 bits per heavy atom. The number of methoxy groups -OCH3 is 1. The van der Waals surface area contributed by atoms with Crippen LogP contribution in [0.5, 0.6) is 0 Å². The third-order valence-corrected chi connectivity index (χ3v) is 4.77. The van der Waals surface area contributed by atoms with Crippen LogP contribution in [-0.4, -0.2) is 28.7 Å². The van der Waals surface area contributed by atoms with Crippen LogP contribution in [-0.2, 0) is 14.8 Å². The second-order valence-corrected chi connectivity index (χ2v) is 6.87. The van der Waals surface area contributed by atoms with Crippen LogP contribution < -0.4 is 10.5 Å². The number of ether oxygens (including phenoxy) is 1. The van der Waals surface area contributed by atoms with Crippen LogP contribution in [0.2, 0.25) is 0 Å². The van der Waals surface area contributed by atoms with Crippen LogP contribution in [0.3, 0.4) is 0 Å². The van der Waals surface area contributed by atoms with Crippen molar-refractivity contribution in [3.05, 3.63) is 22.2 Å². The van der Waals surface area contributed by atoms with Crippen LogP contribution in [0, 0.1) is 6.92 Å². The molecule has 0 spiro atoms. The van der Waals surface area contributed by atoms with Gasteiger partial charge in [0.1, 0.15) is 0 Å². The molecule has 5 nitrogen and oxygen atoms in total. The summed E-state index contributed by atoms with van der Waals surface area (Å²) in [7, 11) is -1.90. The number of benzene rings is 1. The fourth-order valence-electron chi connectivity index (χ4n) is 1.61. The highest BCUT2D eigenvalue weighted by molar-refractivity contribution is 9.10. The number of sulfonamides is 1. The number of halogens is 1. The molecule has 3 N–H and O–H groups in total. The first kappa shape index (κ1) is 16.4. The minimum absolute atomic E-state index is 0.214. The van der Waals surface area contributed by atoms with Crippen molar-refractivity contribution in [2.75, 3.05) is 26.0 Å². The van der Waals surface area contributed by atoms with E-state index in [1.165, 1.54) is 0 Å². The molecule has 0 amide bonds. The van der Waals surface area contributed by atoms with E-state index in [2.05, 4.69) is 20.7 Å². The molecule has 0 fully saturated rings. The number of nitrogen functional groups attached to an aromatic ring is 1. The third-order valence-electron chi connectivity index (χ3n) is 2.72. The van der Waals surface area contributed by atoms with E-state index in [1.807, 2.05) is 0 Å². The summed E-state index contributed by atoms with van der Waals surface area (Å²) in [5.74, 6) is 0. The molecule has 0 aliphatic heterocycles. The van der Waals surface area contributed by atoms with Gasteiger partial charge in [0.15, 0.2) is 0 Å². The zero-order valence-corrected chi connectivity index (χ0v) is 13.5. The largest absolute Gasteiger partial charge is 0.398 e. The fraction of sp³-hybridized carbons (Fsp3) is 0.500. The molecule has 0 atom stereocenters. The Morgan fingerprint density at radius 3 is 2.68 bits per heavy atom. The Bertz CT molecular complexity index is 532. The van der Waals surface area contributed by atoms with E-state index in [1.54, 1.807) is 26.2 Å². The van der Waals surface area contributed by atoms with Gasteiger partial charge in [0.05, 0.1) is 4.90 Å². The van der Waals surface area contributed by atoms with Crippen molar-refractivity contribution in [2.45, 2.75) is 24.7 Å². The van der Waals surface area contributed by atoms with Gasteiger partial charge in [-0.3, -0.25) is 0 Å². The summed E-state index contributed by atoms with van der Waals surface area (Å²) < 4.78 is 32.5. The van der Waals surface area contributed by atoms with Gasteiger partial charge in [-0.1, -0.05) is 15.9 Å². The first-order valence-corrected chi connectivity index (χ1v) is 8.20. The topological polar surface area (TPSA) is 81.4 Å². The average molecular weight is 351 g/mol. The van der Waals surface area contributed by atoms with E-state index in [-0.39, 0.29) is 4.90 Å². The van der Waals surface area contributed by atoms with Gasteiger partial charge >= 0.3 is 0 Å². The lowest BCUT2D eigenvalue weighted by Gasteiger charge is -2.11. The minimum Gasteiger partial charge on any atom is -0.398 e. The first-order valence-electron chi connectivity index (χ1n) is 5.92. The van der Waals surface area contributed by atoms with Crippen LogP contribution in [0.1, 0.15) is 18.4 Å². The van der Waals surface area contributed by atoms with E-state index in [0.717, 1.165) is 12.8 Å². The summed E-state index contributed by atoms with van der Waals surface area (Å²) >= 11 is 3.25. The number of hydrogen-bond acceptors (Lipinski definition) is 4. The predicted molar refractivity (Wildman–Crippen MR) is 79.6 cm³/mol. The van der Waals surface area contributed by atoms with E-state index in [4.69, 9.17) is 10.5 Å². The van der Waals surface area contributed by atoms with E-state index in [9.17, 15) is 8.42 Å². The predicted octanol–water partition coefficient (Wildman–Crippen LogP) is 2.04. The van der Waals surface area contributed by atoms with Gasteiger partial charge in [0, 0.05) is 30.4 Å². The molecule has 0 bridgehead atoms. The lowest BCUT2D eigenvalue weighted by molar-refractivity contribution is 0.193. The van der Waals surface area contributed by atoms with Crippen LogP contribution >= 0.6 is 15.9 Å². The Labute approximate surface area is 122 Å². The summed E-state index contributed by atoms with van der Waals surface area (Å²) in [6.45, 7) is 2.71. The van der Waals surface area contributed by atoms with Crippen LogP contribution in [0.4, 0.5) is 5.69 Å². The normalized spacial score (nSPS) is 11.7. The fourth-order valence-corrected chi connectivity index (χ4v) is 3.61. The second kappa shape index (κ2) is 7.23. The van der Waals surface area contributed by atoms with Gasteiger partial charge in [-0.15, -0.1) is 0 Å². The molecule has 0 heterocycles. The molecular weight excluding hydrogens is 332 g/mol. The SMILES string of the molecule is COCCCCNS(=O)(=O)c1cc(Br)cc(N)c1C. The quantitative estimate of drug-likeness (QED) is 0.582. The smallest absolute Gasteiger partial charge is 0.240 e. The highest BCUT2D eigenvalue weighted by Gasteiger charge is 2.18. The Morgan fingerprint density at radius 2 is 2.05 bits per heavy atom. The summed E-state index contributed by atoms with van der Waals surface area (Å²) in [6.07, 6.45) is 1.55. The molecule has 7 heteroatoms. The average Bonchev–Trinajstić information content (AvgIpc) is 2.33. The van der Waals surface area contributed by atoms with Crippen LogP contribution in [0.15, 0.2) is 21.5 Å². The zero-order valence-electron chi connectivity index (χ0n) is 11.1. The van der Waals surface area contributed by atoms with E-state index in [0.29, 0.717) is 28.9 Å². The molecule has 0 aliphatic rings. The molecule has 0 saturated heterocycles. The first-order chi connectivity index (χ1) is 8.88. The van der Waals surface area contributed by atoms with E-state index < -0.39 is 10.0 Å². The highest BCUT2D eigenvalue weighted by atomic mass is 79.9. The molecule has 0 unspecified atom stereocenters. The monoisotopic (exact) mass is 350 g/mol. The number of unbranched alkanes of at least 4 members (excludes halogenated alkanes) is 1. The molecule has 1 aromatic rings. The lowest BCUT2D eigenvalue weighted by Crippen LogP contribution is -2.26. The number of nitrogens with one attached hydrogen (secondary N) is 1. The number of hydrogen-bond donors (Lipinski definition) is 2. The maximum Gasteiger partial charge on any atom is 0.240 e. The molecule has 0 saturated carbocycles. The molecule has 1 aromatic carbocycles. The van der Waals surface area contributed by atoms with Crippen molar-refractivity contribution in [2.24, 2.45) is 0 Å². The zero-order chi connectivity index (χ0) is 14.5. The molecule has 0 radical (unpaired) electrons. The summed E-state index contributed by atoms with van der Waals surface area (Å²) in [5.41, 5.74) is 6.79. The van der Waals surface area contributed by atoms with Gasteiger partial charge in [0.25, 0.3) is 0 Å². The second-order valence-electron chi connectivity index (χ2n) is 4.22. The third kappa shape index (κ3) is 4.76. The molecule has 0 aliphatic carbocycles. The lowest BCUT2D eigenvalue weighted by atomic mass is 10.2. The van der Waals surface area contributed by atoms with Gasteiger partial charge in [-0.2, -0.15) is 0 Å². The highest BCUT2D eigenvalue weighted by Crippen LogP contribution is 2.26. The standard InChI is InChI=1S/C12H19BrN2O3S/c1-9-11(14)7-10(13)8-12(9)19(16,17)15-5-3-4-6-18-2/h7-8,15H,3-6,14H2,1-2H3. The Balaban J connectivity index is 2.78.